The summed E-state index contributed by atoms with van der Waals surface area (Å²) in [6.45, 7) is 2.24. The zero-order chi connectivity index (χ0) is 23.6. The molecule has 7 nitrogen and oxygen atoms in total. The molecule has 1 N–H and O–H groups in total. The Hall–Kier alpha value is -3.35. The lowest BCUT2D eigenvalue weighted by atomic mass is 9.89. The van der Waals surface area contributed by atoms with E-state index in [0.29, 0.717) is 30.9 Å². The molecule has 2 aromatic carbocycles. The summed E-state index contributed by atoms with van der Waals surface area (Å²) in [6, 6.07) is 11.6. The van der Waals surface area contributed by atoms with Crippen LogP contribution in [0.1, 0.15) is 48.4 Å². The quantitative estimate of drug-likeness (QED) is 0.416. The maximum absolute atomic E-state index is 12.8. The van der Waals surface area contributed by atoms with Gasteiger partial charge in [-0.05, 0) is 67.0 Å². The standard InChI is InChI=1S/C26H32N2O5/c1-4-22(29)17-33-23-12-9-18(15-24(23)31-2)13-14-27-26(30)25(28-32-3)21-11-10-19-7-5-6-8-20(19)16-21/h9-12,15-16H,4-8,13-14,17H2,1-3H3,(H,27,30)/b28-25-. The summed E-state index contributed by atoms with van der Waals surface area (Å²) in [5.41, 5.74) is 4.64. The van der Waals surface area contributed by atoms with E-state index in [1.807, 2.05) is 18.2 Å². The third-order valence-electron chi connectivity index (χ3n) is 5.73. The average molecular weight is 453 g/mol. The molecule has 0 saturated heterocycles. The van der Waals surface area contributed by atoms with E-state index in [0.717, 1.165) is 24.0 Å². The number of aryl methyl sites for hydroxylation is 2. The zero-order valence-electron chi connectivity index (χ0n) is 19.6. The van der Waals surface area contributed by atoms with Gasteiger partial charge >= 0.3 is 0 Å². The number of nitrogens with one attached hydrogen (secondary N) is 1. The van der Waals surface area contributed by atoms with E-state index in [9.17, 15) is 9.59 Å². The molecule has 0 unspecified atom stereocenters. The number of nitrogens with zero attached hydrogens (tertiary/aromatic N) is 1. The van der Waals surface area contributed by atoms with Crippen molar-refractivity contribution in [1.29, 1.82) is 0 Å². The van der Waals surface area contributed by atoms with Crippen molar-refractivity contribution < 1.29 is 23.9 Å². The highest BCUT2D eigenvalue weighted by Gasteiger charge is 2.18. The van der Waals surface area contributed by atoms with Crippen molar-refractivity contribution in [3.8, 4) is 11.5 Å². The fourth-order valence-corrected chi connectivity index (χ4v) is 3.85. The fraction of sp³-hybridized carbons (Fsp3) is 0.423. The number of carbonyl (C=O) groups excluding carboxylic acids is 2. The highest BCUT2D eigenvalue weighted by atomic mass is 16.6. The lowest BCUT2D eigenvalue weighted by Gasteiger charge is -2.17. The van der Waals surface area contributed by atoms with Crippen LogP contribution in [0.5, 0.6) is 11.5 Å². The van der Waals surface area contributed by atoms with Gasteiger partial charge in [0.2, 0.25) is 0 Å². The Morgan fingerprint density at radius 2 is 1.79 bits per heavy atom. The van der Waals surface area contributed by atoms with Gasteiger partial charge in [-0.15, -0.1) is 0 Å². The van der Waals surface area contributed by atoms with Crippen molar-refractivity contribution >= 4 is 17.4 Å². The molecule has 0 heterocycles. The Morgan fingerprint density at radius 3 is 2.52 bits per heavy atom. The molecule has 33 heavy (non-hydrogen) atoms. The van der Waals surface area contributed by atoms with Gasteiger partial charge in [0.05, 0.1) is 7.11 Å². The molecule has 7 heteroatoms. The minimum absolute atomic E-state index is 0.0204. The summed E-state index contributed by atoms with van der Waals surface area (Å²) in [7, 11) is 3.00. The molecule has 0 spiro atoms. The van der Waals surface area contributed by atoms with E-state index in [4.69, 9.17) is 14.3 Å². The summed E-state index contributed by atoms with van der Waals surface area (Å²) in [5.74, 6) is 0.821. The third-order valence-corrected chi connectivity index (χ3v) is 5.73. The first-order valence-corrected chi connectivity index (χ1v) is 11.4. The second-order valence-electron chi connectivity index (χ2n) is 7.99. The first-order chi connectivity index (χ1) is 16.0. The van der Waals surface area contributed by atoms with E-state index >= 15 is 0 Å². The van der Waals surface area contributed by atoms with Gasteiger partial charge < -0.3 is 19.6 Å². The lowest BCUT2D eigenvalue weighted by Crippen LogP contribution is -2.33. The summed E-state index contributed by atoms with van der Waals surface area (Å²) < 4.78 is 10.9. The molecule has 3 rings (SSSR count). The molecule has 1 amide bonds. The number of oxime groups is 1. The number of ketones is 1. The van der Waals surface area contributed by atoms with E-state index in [-0.39, 0.29) is 24.0 Å². The van der Waals surface area contributed by atoms with E-state index in [1.54, 1.807) is 20.1 Å². The molecule has 1 aliphatic carbocycles. The van der Waals surface area contributed by atoms with E-state index in [2.05, 4.69) is 22.6 Å². The summed E-state index contributed by atoms with van der Waals surface area (Å²) in [4.78, 5) is 29.3. The van der Waals surface area contributed by atoms with Crippen LogP contribution < -0.4 is 14.8 Å². The fourth-order valence-electron chi connectivity index (χ4n) is 3.85. The van der Waals surface area contributed by atoms with Crippen LogP contribution in [0.25, 0.3) is 0 Å². The van der Waals surface area contributed by atoms with Crippen LogP contribution in [-0.2, 0) is 33.7 Å². The predicted octanol–water partition coefficient (Wildman–Crippen LogP) is 3.64. The van der Waals surface area contributed by atoms with Gasteiger partial charge in [-0.2, -0.15) is 0 Å². The maximum Gasteiger partial charge on any atom is 0.273 e. The van der Waals surface area contributed by atoms with Gasteiger partial charge in [-0.1, -0.05) is 30.3 Å². The lowest BCUT2D eigenvalue weighted by molar-refractivity contribution is -0.120. The Bertz CT molecular complexity index is 1020. The van der Waals surface area contributed by atoms with Crippen LogP contribution in [-0.4, -0.2) is 44.8 Å². The zero-order valence-corrected chi connectivity index (χ0v) is 19.6. The van der Waals surface area contributed by atoms with Crippen LogP contribution in [0.15, 0.2) is 41.6 Å². The predicted molar refractivity (Wildman–Crippen MR) is 127 cm³/mol. The van der Waals surface area contributed by atoms with Gasteiger partial charge in [0.15, 0.2) is 23.0 Å². The van der Waals surface area contributed by atoms with Gasteiger partial charge in [-0.25, -0.2) is 0 Å². The molecule has 0 radical (unpaired) electrons. The second-order valence-corrected chi connectivity index (χ2v) is 7.99. The normalized spacial score (nSPS) is 13.1. The minimum Gasteiger partial charge on any atom is -0.493 e. The van der Waals surface area contributed by atoms with E-state index in [1.165, 1.54) is 31.1 Å². The number of ether oxygens (including phenoxy) is 2. The monoisotopic (exact) mass is 452 g/mol. The van der Waals surface area contributed by atoms with Crippen LogP contribution in [0.2, 0.25) is 0 Å². The van der Waals surface area contributed by atoms with Gasteiger partial charge in [0, 0.05) is 18.5 Å². The largest absolute Gasteiger partial charge is 0.493 e. The Morgan fingerprint density at radius 1 is 1.00 bits per heavy atom. The summed E-state index contributed by atoms with van der Waals surface area (Å²) in [6.07, 6.45) is 5.52. The van der Waals surface area contributed by atoms with Crippen molar-refractivity contribution in [1.82, 2.24) is 5.32 Å². The molecule has 0 atom stereocenters. The molecule has 176 valence electrons. The molecule has 0 bridgehead atoms. The molecule has 2 aromatic rings. The number of hydrogen-bond acceptors (Lipinski definition) is 6. The number of benzene rings is 2. The van der Waals surface area contributed by atoms with Crippen molar-refractivity contribution in [3.05, 3.63) is 58.7 Å². The van der Waals surface area contributed by atoms with Crippen molar-refractivity contribution in [2.45, 2.75) is 45.4 Å². The third kappa shape index (κ3) is 6.57. The molecule has 0 aromatic heterocycles. The number of amides is 1. The molecule has 0 aliphatic heterocycles. The van der Waals surface area contributed by atoms with Gasteiger partial charge in [0.25, 0.3) is 5.91 Å². The number of methoxy groups -OCH3 is 1. The van der Waals surface area contributed by atoms with Crippen LogP contribution >= 0.6 is 0 Å². The Labute approximate surface area is 195 Å². The van der Waals surface area contributed by atoms with E-state index < -0.39 is 0 Å². The molecular formula is C26H32N2O5. The van der Waals surface area contributed by atoms with Crippen LogP contribution in [0.4, 0.5) is 0 Å². The second kappa shape index (κ2) is 12.0. The summed E-state index contributed by atoms with van der Waals surface area (Å²) >= 11 is 0. The smallest absolute Gasteiger partial charge is 0.273 e. The number of Topliss-reactive ketones (excluding diaryl/α,β-unsaturated/α-hetero) is 1. The Kier molecular flexibility index (Phi) is 8.87. The minimum atomic E-state index is -0.280. The van der Waals surface area contributed by atoms with Crippen molar-refractivity contribution in [2.75, 3.05) is 27.4 Å². The highest BCUT2D eigenvalue weighted by Crippen LogP contribution is 2.28. The first kappa shape index (κ1) is 24.3. The van der Waals surface area contributed by atoms with Gasteiger partial charge in [0.1, 0.15) is 13.7 Å². The topological polar surface area (TPSA) is 86.2 Å². The van der Waals surface area contributed by atoms with Gasteiger partial charge in [-0.3, -0.25) is 9.59 Å². The summed E-state index contributed by atoms with van der Waals surface area (Å²) in [5, 5.41) is 6.92. The van der Waals surface area contributed by atoms with Crippen LogP contribution in [0.3, 0.4) is 0 Å². The molecule has 1 aliphatic rings. The number of rotatable bonds is 11. The molecule has 0 saturated carbocycles. The number of fused-ring (bicyclic) bond motifs is 1. The van der Waals surface area contributed by atoms with Crippen molar-refractivity contribution in [2.24, 2.45) is 5.16 Å². The SMILES string of the molecule is CCC(=O)COc1ccc(CCNC(=O)/C(=N\OC)c2ccc3c(c2)CCCC3)cc1OC. The molecular weight excluding hydrogens is 420 g/mol. The average Bonchev–Trinajstić information content (AvgIpc) is 2.85. The highest BCUT2D eigenvalue weighted by molar-refractivity contribution is 6.45. The van der Waals surface area contributed by atoms with Crippen molar-refractivity contribution in [3.63, 3.8) is 0 Å². The van der Waals surface area contributed by atoms with Crippen LogP contribution in [0, 0.1) is 0 Å². The first-order valence-electron chi connectivity index (χ1n) is 11.4. The molecule has 0 fully saturated rings. The maximum atomic E-state index is 12.8. The Balaban J connectivity index is 1.61. The number of hydrogen-bond donors (Lipinski definition) is 1. The number of carbonyl (C=O) groups is 2.